The minimum Gasteiger partial charge on any atom is -0.338 e. The van der Waals surface area contributed by atoms with E-state index in [2.05, 4.69) is 41.9 Å². The van der Waals surface area contributed by atoms with Gasteiger partial charge in [0.25, 0.3) is 0 Å². The minimum atomic E-state index is -0.384. The number of hydrogen-bond acceptors (Lipinski definition) is 2. The van der Waals surface area contributed by atoms with Gasteiger partial charge >= 0.3 is 0 Å². The van der Waals surface area contributed by atoms with Crippen molar-refractivity contribution in [1.29, 1.82) is 0 Å². The van der Waals surface area contributed by atoms with Gasteiger partial charge in [0.1, 0.15) is 0 Å². The number of hydrogen-bond donors (Lipinski definition) is 0. The SMILES string of the molecule is CC(C)(C)C(=O)N1CCN(C(=O)[C@H]2C[C@H]2c2ccc(Br)cc2)C(C)(C)C1. The Morgan fingerprint density at radius 3 is 2.27 bits per heavy atom. The maximum atomic E-state index is 13.1. The average molecular weight is 421 g/mol. The maximum Gasteiger partial charge on any atom is 0.228 e. The quantitative estimate of drug-likeness (QED) is 0.723. The number of piperazine rings is 1. The molecule has 3 rings (SSSR count). The minimum absolute atomic E-state index is 0.0836. The Hall–Kier alpha value is -1.36. The van der Waals surface area contributed by atoms with Crippen molar-refractivity contribution in [2.45, 2.75) is 52.5 Å². The summed E-state index contributed by atoms with van der Waals surface area (Å²) in [5.74, 6) is 0.823. The molecule has 1 saturated carbocycles. The number of carbonyl (C=O) groups is 2. The fourth-order valence-corrected chi connectivity index (χ4v) is 4.22. The Morgan fingerprint density at radius 2 is 1.73 bits per heavy atom. The normalized spacial score (nSPS) is 25.2. The van der Waals surface area contributed by atoms with Crippen molar-refractivity contribution in [3.8, 4) is 0 Å². The van der Waals surface area contributed by atoms with Crippen molar-refractivity contribution in [3.05, 3.63) is 34.3 Å². The summed E-state index contributed by atoms with van der Waals surface area (Å²) in [6.45, 7) is 11.9. The number of benzene rings is 1. The first-order valence-electron chi connectivity index (χ1n) is 9.37. The molecule has 1 aromatic carbocycles. The van der Waals surface area contributed by atoms with Crippen LogP contribution < -0.4 is 0 Å². The molecule has 0 radical (unpaired) electrons. The molecule has 0 aromatic heterocycles. The molecule has 2 atom stereocenters. The van der Waals surface area contributed by atoms with E-state index in [9.17, 15) is 9.59 Å². The summed E-state index contributed by atoms with van der Waals surface area (Å²) in [6.07, 6.45) is 0.928. The lowest BCUT2D eigenvalue weighted by molar-refractivity contribution is -0.152. The third-order valence-electron chi connectivity index (χ3n) is 5.50. The van der Waals surface area contributed by atoms with E-state index in [0.717, 1.165) is 10.9 Å². The molecule has 0 unspecified atom stereocenters. The number of halogens is 1. The van der Waals surface area contributed by atoms with Crippen LogP contribution in [0.3, 0.4) is 0 Å². The molecular weight excluding hydrogens is 392 g/mol. The molecule has 4 nitrogen and oxygen atoms in total. The zero-order valence-electron chi connectivity index (χ0n) is 16.4. The Labute approximate surface area is 165 Å². The molecule has 1 aromatic rings. The third kappa shape index (κ3) is 3.83. The maximum absolute atomic E-state index is 13.1. The van der Waals surface area contributed by atoms with Crippen LogP contribution in [0.25, 0.3) is 0 Å². The van der Waals surface area contributed by atoms with Crippen molar-refractivity contribution in [2.75, 3.05) is 19.6 Å². The molecular formula is C21H29BrN2O2. The van der Waals surface area contributed by atoms with Crippen LogP contribution in [0.15, 0.2) is 28.7 Å². The zero-order chi connectivity index (χ0) is 19.3. The van der Waals surface area contributed by atoms with Crippen molar-refractivity contribution in [1.82, 2.24) is 9.80 Å². The summed E-state index contributed by atoms with van der Waals surface area (Å²) in [5.41, 5.74) is 0.528. The van der Waals surface area contributed by atoms with Crippen molar-refractivity contribution in [2.24, 2.45) is 11.3 Å². The number of rotatable bonds is 2. The van der Waals surface area contributed by atoms with Gasteiger partial charge in [0, 0.05) is 35.4 Å². The van der Waals surface area contributed by atoms with Crippen LogP contribution in [0.2, 0.25) is 0 Å². The Kier molecular flexibility index (Phi) is 4.97. The first-order chi connectivity index (χ1) is 12.0. The highest BCUT2D eigenvalue weighted by Crippen LogP contribution is 2.49. The summed E-state index contributed by atoms with van der Waals surface area (Å²) < 4.78 is 1.06. The van der Waals surface area contributed by atoms with E-state index in [-0.39, 0.29) is 28.7 Å². The van der Waals surface area contributed by atoms with Crippen molar-refractivity contribution in [3.63, 3.8) is 0 Å². The van der Waals surface area contributed by atoms with Gasteiger partial charge in [0.15, 0.2) is 0 Å². The van der Waals surface area contributed by atoms with E-state index in [1.807, 2.05) is 42.7 Å². The number of amides is 2. The third-order valence-corrected chi connectivity index (χ3v) is 6.03. The summed E-state index contributed by atoms with van der Waals surface area (Å²) in [5, 5.41) is 0. The second kappa shape index (κ2) is 6.66. The highest BCUT2D eigenvalue weighted by molar-refractivity contribution is 9.10. The summed E-state index contributed by atoms with van der Waals surface area (Å²) in [4.78, 5) is 29.6. The lowest BCUT2D eigenvalue weighted by Gasteiger charge is -2.48. The average Bonchev–Trinajstić information content (AvgIpc) is 3.33. The molecule has 2 aliphatic rings. The topological polar surface area (TPSA) is 40.6 Å². The van der Waals surface area contributed by atoms with Gasteiger partial charge in [-0.05, 0) is 43.9 Å². The molecule has 0 N–H and O–H groups in total. The second-order valence-electron chi connectivity index (χ2n) is 9.28. The van der Waals surface area contributed by atoms with E-state index in [4.69, 9.17) is 0 Å². The molecule has 26 heavy (non-hydrogen) atoms. The van der Waals surface area contributed by atoms with Gasteiger partial charge in [-0.15, -0.1) is 0 Å². The lowest BCUT2D eigenvalue weighted by Crippen LogP contribution is -2.63. The van der Waals surface area contributed by atoms with Crippen LogP contribution in [-0.4, -0.2) is 46.8 Å². The molecule has 2 amide bonds. The van der Waals surface area contributed by atoms with Gasteiger partial charge in [-0.1, -0.05) is 48.8 Å². The molecule has 1 aliphatic heterocycles. The van der Waals surface area contributed by atoms with Gasteiger partial charge < -0.3 is 9.80 Å². The monoisotopic (exact) mass is 420 g/mol. The van der Waals surface area contributed by atoms with Crippen LogP contribution in [0.4, 0.5) is 0 Å². The highest BCUT2D eigenvalue weighted by atomic mass is 79.9. The van der Waals surface area contributed by atoms with Crippen LogP contribution in [0, 0.1) is 11.3 Å². The second-order valence-corrected chi connectivity index (χ2v) is 10.2. The Bertz CT molecular complexity index is 706. The van der Waals surface area contributed by atoms with Crippen LogP contribution >= 0.6 is 15.9 Å². The van der Waals surface area contributed by atoms with E-state index in [0.29, 0.717) is 25.6 Å². The molecule has 0 spiro atoms. The first-order valence-corrected chi connectivity index (χ1v) is 10.2. The first kappa shape index (κ1) is 19.4. The zero-order valence-corrected chi connectivity index (χ0v) is 18.0. The summed E-state index contributed by atoms with van der Waals surface area (Å²) >= 11 is 3.46. The standard InChI is InChI=1S/C21H29BrN2O2/c1-20(2,3)19(26)23-10-11-24(21(4,5)13-23)18(25)17-12-16(17)14-6-8-15(22)9-7-14/h6-9,16-17H,10-13H2,1-5H3/t16-,17-/m0/s1. The fourth-order valence-electron chi connectivity index (χ4n) is 3.96. The number of carbonyl (C=O) groups excluding carboxylic acids is 2. The summed E-state index contributed by atoms with van der Waals surface area (Å²) in [6, 6.07) is 8.28. The lowest BCUT2D eigenvalue weighted by atomic mass is 9.91. The molecule has 5 heteroatoms. The molecule has 2 fully saturated rings. The highest BCUT2D eigenvalue weighted by Gasteiger charge is 2.50. The van der Waals surface area contributed by atoms with E-state index in [1.54, 1.807) is 0 Å². The van der Waals surface area contributed by atoms with Gasteiger partial charge in [-0.3, -0.25) is 9.59 Å². The van der Waals surface area contributed by atoms with Crippen LogP contribution in [0.5, 0.6) is 0 Å². The smallest absolute Gasteiger partial charge is 0.228 e. The predicted octanol–water partition coefficient (Wildman–Crippen LogP) is 4.05. The van der Waals surface area contributed by atoms with Gasteiger partial charge in [-0.2, -0.15) is 0 Å². The van der Waals surface area contributed by atoms with E-state index in [1.165, 1.54) is 5.56 Å². The van der Waals surface area contributed by atoms with Gasteiger partial charge in [0.2, 0.25) is 11.8 Å². The Morgan fingerprint density at radius 1 is 1.12 bits per heavy atom. The van der Waals surface area contributed by atoms with Gasteiger partial charge in [-0.25, -0.2) is 0 Å². The van der Waals surface area contributed by atoms with E-state index < -0.39 is 0 Å². The predicted molar refractivity (Wildman–Crippen MR) is 107 cm³/mol. The Balaban J connectivity index is 1.66. The fraction of sp³-hybridized carbons (Fsp3) is 0.619. The molecule has 1 heterocycles. The van der Waals surface area contributed by atoms with Crippen molar-refractivity contribution < 1.29 is 9.59 Å². The molecule has 1 aliphatic carbocycles. The van der Waals surface area contributed by atoms with Crippen LogP contribution in [0.1, 0.15) is 52.5 Å². The molecule has 1 saturated heterocycles. The summed E-state index contributed by atoms with van der Waals surface area (Å²) in [7, 11) is 0. The molecule has 142 valence electrons. The molecule has 0 bridgehead atoms. The van der Waals surface area contributed by atoms with E-state index >= 15 is 0 Å². The van der Waals surface area contributed by atoms with Crippen LogP contribution in [-0.2, 0) is 9.59 Å². The van der Waals surface area contributed by atoms with Gasteiger partial charge in [0.05, 0.1) is 5.54 Å². The largest absolute Gasteiger partial charge is 0.338 e. The van der Waals surface area contributed by atoms with Crippen molar-refractivity contribution >= 4 is 27.7 Å². The number of nitrogens with zero attached hydrogens (tertiary/aromatic N) is 2.